The fourth-order valence-electron chi connectivity index (χ4n) is 4.27. The number of pyridine rings is 1. The standard InChI is InChI=1S/C24H31N5O2/c1-16(2)14-29-22(26-19-6-5-10-25-23(19)29)13-18-9-11-28(15-18)24(30)27-20-12-17(3)7-8-21(20)31-4/h5-8,10,12,16,18H,9,11,13-15H2,1-4H3,(H,27,30)/t18-/m0/s1. The van der Waals surface area contributed by atoms with E-state index in [0.29, 0.717) is 23.3 Å². The van der Waals surface area contributed by atoms with Crippen molar-refractivity contribution in [2.75, 3.05) is 25.5 Å². The van der Waals surface area contributed by atoms with E-state index < -0.39 is 0 Å². The van der Waals surface area contributed by atoms with Gasteiger partial charge in [-0.1, -0.05) is 19.9 Å². The molecule has 7 heteroatoms. The average molecular weight is 422 g/mol. The Morgan fingerprint density at radius 1 is 1.32 bits per heavy atom. The highest BCUT2D eigenvalue weighted by Gasteiger charge is 2.28. The molecule has 31 heavy (non-hydrogen) atoms. The quantitative estimate of drug-likeness (QED) is 0.636. The number of aromatic nitrogens is 3. The molecule has 0 aliphatic carbocycles. The number of hydrogen-bond acceptors (Lipinski definition) is 4. The number of aryl methyl sites for hydroxylation is 1. The Hall–Kier alpha value is -3.09. The van der Waals surface area contributed by atoms with Gasteiger partial charge >= 0.3 is 6.03 Å². The van der Waals surface area contributed by atoms with Gasteiger partial charge in [-0.3, -0.25) is 0 Å². The molecule has 1 atom stereocenters. The first-order chi connectivity index (χ1) is 14.9. The lowest BCUT2D eigenvalue weighted by atomic mass is 10.0. The summed E-state index contributed by atoms with van der Waals surface area (Å²) >= 11 is 0. The Balaban J connectivity index is 1.45. The minimum absolute atomic E-state index is 0.0799. The van der Waals surface area contributed by atoms with Gasteiger partial charge in [-0.15, -0.1) is 0 Å². The molecular weight excluding hydrogens is 390 g/mol. The molecule has 1 fully saturated rings. The Labute approximate surface area is 183 Å². The predicted octanol–water partition coefficient (Wildman–Crippen LogP) is 4.50. The molecule has 1 saturated heterocycles. The number of methoxy groups -OCH3 is 1. The summed E-state index contributed by atoms with van der Waals surface area (Å²) in [6.07, 6.45) is 3.64. The third-order valence-electron chi connectivity index (χ3n) is 5.77. The van der Waals surface area contributed by atoms with Crippen LogP contribution in [0.1, 0.15) is 31.7 Å². The van der Waals surface area contributed by atoms with Crippen LogP contribution in [0.3, 0.4) is 0 Å². The molecule has 0 spiro atoms. The molecule has 1 aromatic carbocycles. The Morgan fingerprint density at radius 3 is 2.94 bits per heavy atom. The number of fused-ring (bicyclic) bond motifs is 1. The minimum atomic E-state index is -0.0799. The van der Waals surface area contributed by atoms with E-state index in [-0.39, 0.29) is 6.03 Å². The second kappa shape index (κ2) is 8.96. The van der Waals surface area contributed by atoms with Crippen molar-refractivity contribution >= 4 is 22.9 Å². The van der Waals surface area contributed by atoms with Crippen molar-refractivity contribution < 1.29 is 9.53 Å². The number of likely N-dealkylation sites (tertiary alicyclic amines) is 1. The smallest absolute Gasteiger partial charge is 0.321 e. The minimum Gasteiger partial charge on any atom is -0.495 e. The van der Waals surface area contributed by atoms with Crippen LogP contribution in [0.15, 0.2) is 36.5 Å². The molecule has 4 rings (SSSR count). The number of anilines is 1. The summed E-state index contributed by atoms with van der Waals surface area (Å²) in [5.41, 5.74) is 3.68. The highest BCUT2D eigenvalue weighted by atomic mass is 16.5. The first-order valence-electron chi connectivity index (χ1n) is 10.9. The van der Waals surface area contributed by atoms with Crippen molar-refractivity contribution in [3.05, 3.63) is 47.9 Å². The molecule has 3 heterocycles. The van der Waals surface area contributed by atoms with Gasteiger partial charge in [0.2, 0.25) is 0 Å². The second-order valence-corrected chi connectivity index (χ2v) is 8.82. The third kappa shape index (κ3) is 4.65. The van der Waals surface area contributed by atoms with Crippen LogP contribution in [0.5, 0.6) is 5.75 Å². The fourth-order valence-corrected chi connectivity index (χ4v) is 4.27. The number of carbonyl (C=O) groups excluding carboxylic acids is 1. The SMILES string of the molecule is COc1ccc(C)cc1NC(=O)N1CC[C@@H](Cc2nc3cccnc3n2CC(C)C)C1. The molecule has 1 aliphatic heterocycles. The first-order valence-corrected chi connectivity index (χ1v) is 10.9. The fraction of sp³-hybridized carbons (Fsp3) is 0.458. The number of amides is 2. The number of rotatable bonds is 6. The van der Waals surface area contributed by atoms with Crippen molar-refractivity contribution in [2.45, 2.75) is 40.2 Å². The van der Waals surface area contributed by atoms with E-state index in [2.05, 4.69) is 28.7 Å². The monoisotopic (exact) mass is 421 g/mol. The van der Waals surface area contributed by atoms with Crippen LogP contribution in [-0.2, 0) is 13.0 Å². The number of benzene rings is 1. The van der Waals surface area contributed by atoms with Crippen molar-refractivity contribution in [1.82, 2.24) is 19.4 Å². The van der Waals surface area contributed by atoms with E-state index in [1.807, 2.05) is 48.4 Å². The first kappa shape index (κ1) is 21.2. The zero-order valence-electron chi connectivity index (χ0n) is 18.8. The van der Waals surface area contributed by atoms with E-state index in [4.69, 9.17) is 9.72 Å². The van der Waals surface area contributed by atoms with E-state index in [1.54, 1.807) is 7.11 Å². The summed E-state index contributed by atoms with van der Waals surface area (Å²) in [6.45, 7) is 8.77. The number of ether oxygens (including phenoxy) is 1. The largest absolute Gasteiger partial charge is 0.495 e. The van der Waals surface area contributed by atoms with Crippen molar-refractivity contribution in [3.63, 3.8) is 0 Å². The molecule has 0 bridgehead atoms. The number of imidazole rings is 1. The van der Waals surface area contributed by atoms with Crippen LogP contribution >= 0.6 is 0 Å². The lowest BCUT2D eigenvalue weighted by Crippen LogP contribution is -2.33. The van der Waals surface area contributed by atoms with Gasteiger partial charge in [0, 0.05) is 32.3 Å². The van der Waals surface area contributed by atoms with Crippen molar-refractivity contribution in [2.24, 2.45) is 11.8 Å². The van der Waals surface area contributed by atoms with Crippen LogP contribution in [-0.4, -0.2) is 45.7 Å². The molecule has 3 aromatic rings. The van der Waals surface area contributed by atoms with Crippen molar-refractivity contribution in [1.29, 1.82) is 0 Å². The zero-order valence-corrected chi connectivity index (χ0v) is 18.8. The molecule has 0 unspecified atom stereocenters. The maximum atomic E-state index is 12.9. The Kier molecular flexibility index (Phi) is 6.11. The van der Waals surface area contributed by atoms with Gasteiger partial charge < -0.3 is 19.5 Å². The molecule has 0 saturated carbocycles. The molecule has 7 nitrogen and oxygen atoms in total. The maximum absolute atomic E-state index is 12.9. The lowest BCUT2D eigenvalue weighted by molar-refractivity contribution is 0.220. The van der Waals surface area contributed by atoms with Gasteiger partial charge in [-0.25, -0.2) is 14.8 Å². The molecule has 0 radical (unpaired) electrons. The number of hydrogen-bond donors (Lipinski definition) is 1. The van der Waals surface area contributed by atoms with Gasteiger partial charge in [-0.05, 0) is 55.0 Å². The van der Waals surface area contributed by atoms with Crippen LogP contribution in [0.2, 0.25) is 0 Å². The summed E-state index contributed by atoms with van der Waals surface area (Å²) in [7, 11) is 1.62. The third-order valence-corrected chi connectivity index (χ3v) is 5.77. The van der Waals surface area contributed by atoms with Gasteiger partial charge in [0.25, 0.3) is 0 Å². The van der Waals surface area contributed by atoms with Crippen LogP contribution < -0.4 is 10.1 Å². The van der Waals surface area contributed by atoms with Gasteiger partial charge in [-0.2, -0.15) is 0 Å². The highest BCUT2D eigenvalue weighted by molar-refractivity contribution is 5.91. The van der Waals surface area contributed by atoms with Crippen LogP contribution in [0, 0.1) is 18.8 Å². The van der Waals surface area contributed by atoms with Crippen LogP contribution in [0.25, 0.3) is 11.2 Å². The summed E-state index contributed by atoms with van der Waals surface area (Å²) < 4.78 is 7.64. The number of carbonyl (C=O) groups is 1. The van der Waals surface area contributed by atoms with Crippen molar-refractivity contribution in [3.8, 4) is 5.75 Å². The van der Waals surface area contributed by atoms with E-state index >= 15 is 0 Å². The number of nitrogens with one attached hydrogen (secondary N) is 1. The second-order valence-electron chi connectivity index (χ2n) is 8.82. The molecular formula is C24H31N5O2. The number of nitrogens with zero attached hydrogens (tertiary/aromatic N) is 4. The summed E-state index contributed by atoms with van der Waals surface area (Å²) in [5.74, 6) is 2.63. The average Bonchev–Trinajstić information content (AvgIpc) is 3.33. The van der Waals surface area contributed by atoms with E-state index in [0.717, 1.165) is 55.0 Å². The normalized spacial score (nSPS) is 16.3. The summed E-state index contributed by atoms with van der Waals surface area (Å²) in [4.78, 5) is 24.2. The highest BCUT2D eigenvalue weighted by Crippen LogP contribution is 2.28. The number of urea groups is 1. The predicted molar refractivity (Wildman–Crippen MR) is 122 cm³/mol. The molecule has 1 N–H and O–H groups in total. The Bertz CT molecular complexity index is 1080. The maximum Gasteiger partial charge on any atom is 0.321 e. The van der Waals surface area contributed by atoms with Gasteiger partial charge in [0.05, 0.1) is 12.8 Å². The summed E-state index contributed by atoms with van der Waals surface area (Å²) in [6, 6.07) is 9.66. The zero-order chi connectivity index (χ0) is 22.0. The van der Waals surface area contributed by atoms with Gasteiger partial charge in [0.1, 0.15) is 17.1 Å². The van der Waals surface area contributed by atoms with E-state index in [1.165, 1.54) is 0 Å². The molecule has 2 aromatic heterocycles. The Morgan fingerprint density at radius 2 is 2.16 bits per heavy atom. The lowest BCUT2D eigenvalue weighted by Gasteiger charge is -2.19. The van der Waals surface area contributed by atoms with E-state index in [9.17, 15) is 4.79 Å². The summed E-state index contributed by atoms with van der Waals surface area (Å²) in [5, 5.41) is 3.02. The molecule has 1 aliphatic rings. The molecule has 164 valence electrons. The van der Waals surface area contributed by atoms with Crippen LogP contribution in [0.4, 0.5) is 10.5 Å². The molecule has 2 amide bonds. The van der Waals surface area contributed by atoms with Gasteiger partial charge in [0.15, 0.2) is 5.65 Å². The topological polar surface area (TPSA) is 72.3 Å².